The SMILES string of the molecule is CCCOCCCC(=O)CC(C)C. The number of Topliss-reactive ketones (excluding diaryl/α,β-unsaturated/α-hetero) is 1. The second-order valence-corrected chi connectivity index (χ2v) is 3.85. The summed E-state index contributed by atoms with van der Waals surface area (Å²) >= 11 is 0. The Labute approximate surface area is 81.7 Å². The van der Waals surface area contributed by atoms with E-state index in [0.717, 1.165) is 26.1 Å². The lowest BCUT2D eigenvalue weighted by atomic mass is 10.0. The average molecular weight is 186 g/mol. The molecule has 0 rings (SSSR count). The van der Waals surface area contributed by atoms with Gasteiger partial charge < -0.3 is 4.74 Å². The van der Waals surface area contributed by atoms with Gasteiger partial charge in [0, 0.05) is 26.1 Å². The number of carbonyl (C=O) groups excluding carboxylic acids is 1. The fourth-order valence-corrected chi connectivity index (χ4v) is 1.18. The molecular weight excluding hydrogens is 164 g/mol. The molecule has 0 unspecified atom stereocenters. The number of carbonyl (C=O) groups is 1. The van der Waals surface area contributed by atoms with Crippen molar-refractivity contribution in [3.63, 3.8) is 0 Å². The Bertz CT molecular complexity index is 130. The summed E-state index contributed by atoms with van der Waals surface area (Å²) in [5, 5.41) is 0. The molecule has 0 N–H and O–H groups in total. The largest absolute Gasteiger partial charge is 0.381 e. The second-order valence-electron chi connectivity index (χ2n) is 3.85. The van der Waals surface area contributed by atoms with Crippen molar-refractivity contribution in [1.82, 2.24) is 0 Å². The van der Waals surface area contributed by atoms with Gasteiger partial charge in [-0.15, -0.1) is 0 Å². The van der Waals surface area contributed by atoms with Gasteiger partial charge in [-0.1, -0.05) is 20.8 Å². The van der Waals surface area contributed by atoms with Gasteiger partial charge in [-0.2, -0.15) is 0 Å². The summed E-state index contributed by atoms with van der Waals surface area (Å²) in [5.41, 5.74) is 0. The molecule has 0 saturated heterocycles. The first-order valence-electron chi connectivity index (χ1n) is 5.26. The zero-order valence-corrected chi connectivity index (χ0v) is 9.14. The molecule has 0 aromatic heterocycles. The average Bonchev–Trinajstić information content (AvgIpc) is 2.02. The van der Waals surface area contributed by atoms with Crippen LogP contribution in [0, 0.1) is 5.92 Å². The van der Waals surface area contributed by atoms with E-state index in [1.54, 1.807) is 0 Å². The first kappa shape index (κ1) is 12.6. The molecule has 0 aliphatic rings. The van der Waals surface area contributed by atoms with Crippen molar-refractivity contribution in [3.8, 4) is 0 Å². The van der Waals surface area contributed by atoms with Gasteiger partial charge >= 0.3 is 0 Å². The smallest absolute Gasteiger partial charge is 0.133 e. The summed E-state index contributed by atoms with van der Waals surface area (Å²) < 4.78 is 5.29. The normalized spacial score (nSPS) is 10.8. The summed E-state index contributed by atoms with van der Waals surface area (Å²) in [6.45, 7) is 7.79. The fraction of sp³-hybridized carbons (Fsp3) is 0.909. The van der Waals surface area contributed by atoms with Crippen molar-refractivity contribution in [2.75, 3.05) is 13.2 Å². The van der Waals surface area contributed by atoms with E-state index in [1.165, 1.54) is 0 Å². The van der Waals surface area contributed by atoms with E-state index in [2.05, 4.69) is 20.8 Å². The van der Waals surface area contributed by atoms with E-state index in [1.807, 2.05) is 0 Å². The highest BCUT2D eigenvalue weighted by Crippen LogP contribution is 2.04. The summed E-state index contributed by atoms with van der Waals surface area (Å²) in [4.78, 5) is 11.2. The molecule has 0 aromatic carbocycles. The molecule has 0 aliphatic carbocycles. The third kappa shape index (κ3) is 9.54. The minimum Gasteiger partial charge on any atom is -0.381 e. The van der Waals surface area contributed by atoms with E-state index < -0.39 is 0 Å². The van der Waals surface area contributed by atoms with E-state index >= 15 is 0 Å². The maximum absolute atomic E-state index is 11.2. The molecule has 0 saturated carbocycles. The number of ether oxygens (including phenoxy) is 1. The Morgan fingerprint density at radius 1 is 1.31 bits per heavy atom. The zero-order valence-electron chi connectivity index (χ0n) is 9.14. The van der Waals surface area contributed by atoms with Crippen LogP contribution in [-0.4, -0.2) is 19.0 Å². The standard InChI is InChI=1S/C11H22O2/c1-4-7-13-8-5-6-11(12)9-10(2)3/h10H,4-9H2,1-3H3. The van der Waals surface area contributed by atoms with Crippen LogP contribution >= 0.6 is 0 Å². The molecule has 2 heteroatoms. The zero-order chi connectivity index (χ0) is 10.1. The highest BCUT2D eigenvalue weighted by Gasteiger charge is 2.03. The van der Waals surface area contributed by atoms with E-state index in [-0.39, 0.29) is 0 Å². The van der Waals surface area contributed by atoms with E-state index in [9.17, 15) is 4.79 Å². The Morgan fingerprint density at radius 3 is 2.54 bits per heavy atom. The molecule has 0 atom stereocenters. The van der Waals surface area contributed by atoms with Crippen molar-refractivity contribution in [3.05, 3.63) is 0 Å². The quantitative estimate of drug-likeness (QED) is 0.545. The summed E-state index contributed by atoms with van der Waals surface area (Å²) in [6, 6.07) is 0. The molecule has 0 bridgehead atoms. The maximum atomic E-state index is 11.2. The molecule has 0 radical (unpaired) electrons. The molecule has 0 amide bonds. The number of ketones is 1. The van der Waals surface area contributed by atoms with Crippen molar-refractivity contribution >= 4 is 5.78 Å². The molecule has 0 fully saturated rings. The molecule has 0 aliphatic heterocycles. The van der Waals surface area contributed by atoms with Crippen LogP contribution in [0.3, 0.4) is 0 Å². The predicted octanol–water partition coefficient (Wildman–Crippen LogP) is 2.81. The lowest BCUT2D eigenvalue weighted by Crippen LogP contribution is -2.05. The second kappa shape index (κ2) is 8.24. The van der Waals surface area contributed by atoms with Crippen LogP contribution in [0.2, 0.25) is 0 Å². The Morgan fingerprint density at radius 2 is 2.00 bits per heavy atom. The molecule has 0 spiro atoms. The predicted molar refractivity (Wildman–Crippen MR) is 54.8 cm³/mol. The van der Waals surface area contributed by atoms with E-state index in [4.69, 9.17) is 4.74 Å². The lowest BCUT2D eigenvalue weighted by Gasteiger charge is -2.04. The highest BCUT2D eigenvalue weighted by molar-refractivity contribution is 5.78. The molecule has 13 heavy (non-hydrogen) atoms. The molecule has 0 aromatic rings. The summed E-state index contributed by atoms with van der Waals surface area (Å²) in [7, 11) is 0. The fourth-order valence-electron chi connectivity index (χ4n) is 1.18. The Kier molecular flexibility index (Phi) is 8.00. The van der Waals surface area contributed by atoms with Gasteiger partial charge in [-0.05, 0) is 18.8 Å². The molecule has 0 heterocycles. The van der Waals surface area contributed by atoms with Gasteiger partial charge in [0.2, 0.25) is 0 Å². The topological polar surface area (TPSA) is 26.3 Å². The van der Waals surface area contributed by atoms with Gasteiger partial charge in [-0.25, -0.2) is 0 Å². The van der Waals surface area contributed by atoms with Crippen LogP contribution in [0.4, 0.5) is 0 Å². The summed E-state index contributed by atoms with van der Waals surface area (Å²) in [5.74, 6) is 0.860. The Hall–Kier alpha value is -0.370. The Balaban J connectivity index is 3.17. The highest BCUT2D eigenvalue weighted by atomic mass is 16.5. The first-order chi connectivity index (χ1) is 6.16. The van der Waals surface area contributed by atoms with Gasteiger partial charge in [-0.3, -0.25) is 4.79 Å². The third-order valence-corrected chi connectivity index (χ3v) is 1.73. The van der Waals surface area contributed by atoms with Crippen molar-refractivity contribution in [1.29, 1.82) is 0 Å². The van der Waals surface area contributed by atoms with Gasteiger partial charge in [0.05, 0.1) is 0 Å². The van der Waals surface area contributed by atoms with Crippen LogP contribution in [0.15, 0.2) is 0 Å². The monoisotopic (exact) mass is 186 g/mol. The van der Waals surface area contributed by atoms with Crippen LogP contribution in [0.25, 0.3) is 0 Å². The summed E-state index contributed by atoms with van der Waals surface area (Å²) in [6.07, 6.45) is 3.33. The molecule has 2 nitrogen and oxygen atoms in total. The molecular formula is C11H22O2. The minimum absolute atomic E-state index is 0.370. The first-order valence-corrected chi connectivity index (χ1v) is 5.26. The van der Waals surface area contributed by atoms with Crippen LogP contribution in [0.1, 0.15) is 46.5 Å². The van der Waals surface area contributed by atoms with E-state index in [0.29, 0.717) is 24.5 Å². The maximum Gasteiger partial charge on any atom is 0.133 e. The number of hydrogen-bond donors (Lipinski definition) is 0. The minimum atomic E-state index is 0.370. The van der Waals surface area contributed by atoms with Gasteiger partial charge in [0.25, 0.3) is 0 Å². The number of rotatable bonds is 8. The van der Waals surface area contributed by atoms with Crippen LogP contribution < -0.4 is 0 Å². The van der Waals surface area contributed by atoms with Crippen LogP contribution in [-0.2, 0) is 9.53 Å². The third-order valence-electron chi connectivity index (χ3n) is 1.73. The van der Waals surface area contributed by atoms with Crippen molar-refractivity contribution in [2.45, 2.75) is 46.5 Å². The van der Waals surface area contributed by atoms with Crippen molar-refractivity contribution < 1.29 is 9.53 Å². The lowest BCUT2D eigenvalue weighted by molar-refractivity contribution is -0.120. The van der Waals surface area contributed by atoms with Gasteiger partial charge in [0.1, 0.15) is 5.78 Å². The number of hydrogen-bond acceptors (Lipinski definition) is 2. The van der Waals surface area contributed by atoms with Crippen molar-refractivity contribution in [2.24, 2.45) is 5.92 Å². The molecule has 78 valence electrons. The van der Waals surface area contributed by atoms with Gasteiger partial charge in [0.15, 0.2) is 0 Å². The van der Waals surface area contributed by atoms with Crippen LogP contribution in [0.5, 0.6) is 0 Å².